The summed E-state index contributed by atoms with van der Waals surface area (Å²) >= 11 is 3.41. The van der Waals surface area contributed by atoms with Crippen molar-refractivity contribution in [2.75, 3.05) is 5.32 Å². The second-order valence-electron chi connectivity index (χ2n) is 6.41. The summed E-state index contributed by atoms with van der Waals surface area (Å²) in [6, 6.07) is 21.9. The van der Waals surface area contributed by atoms with Crippen LogP contribution in [0, 0.1) is 0 Å². The quantitative estimate of drug-likeness (QED) is 0.390. The number of amides is 2. The molecule has 0 aliphatic heterocycles. The number of nitrogens with zero attached hydrogens (tertiary/aromatic N) is 1. The smallest absolute Gasteiger partial charge is 0.271 e. The lowest BCUT2D eigenvalue weighted by atomic mass is 10.2. The summed E-state index contributed by atoms with van der Waals surface area (Å²) in [4.78, 5) is 23.3. The monoisotopic (exact) mass is 465 g/mol. The Morgan fingerprint density at radius 2 is 1.70 bits per heavy atom. The molecule has 0 bridgehead atoms. The van der Waals surface area contributed by atoms with Gasteiger partial charge in [-0.3, -0.25) is 9.59 Å². The zero-order chi connectivity index (χ0) is 21.3. The third kappa shape index (κ3) is 6.28. The number of benzene rings is 3. The number of nitrogens with one attached hydrogen (secondary N) is 2. The highest BCUT2D eigenvalue weighted by molar-refractivity contribution is 9.10. The standard InChI is InChI=1S/C23H20BrN3O3/c1-16(28)26-21-12-8-18(9-13-21)23(29)27-25-14-19-4-2-3-5-22(19)30-15-17-6-10-20(24)11-7-17/h2-14H,15H2,1H3,(H,26,28)(H,27,29). The highest BCUT2D eigenvalue weighted by Crippen LogP contribution is 2.18. The van der Waals surface area contributed by atoms with E-state index >= 15 is 0 Å². The van der Waals surface area contributed by atoms with Gasteiger partial charge in [0, 0.05) is 28.2 Å². The molecule has 0 unspecified atom stereocenters. The van der Waals surface area contributed by atoms with E-state index in [1.165, 1.54) is 6.92 Å². The maximum atomic E-state index is 12.2. The zero-order valence-electron chi connectivity index (χ0n) is 16.3. The molecule has 0 heterocycles. The van der Waals surface area contributed by atoms with Gasteiger partial charge in [0.1, 0.15) is 12.4 Å². The van der Waals surface area contributed by atoms with Gasteiger partial charge in [-0.2, -0.15) is 5.10 Å². The largest absolute Gasteiger partial charge is 0.488 e. The van der Waals surface area contributed by atoms with Crippen molar-refractivity contribution in [3.05, 3.63) is 94.0 Å². The summed E-state index contributed by atoms with van der Waals surface area (Å²) in [7, 11) is 0. The van der Waals surface area contributed by atoms with Crippen molar-refractivity contribution in [1.29, 1.82) is 0 Å². The van der Waals surface area contributed by atoms with Gasteiger partial charge in [0.2, 0.25) is 5.91 Å². The molecule has 0 fully saturated rings. The van der Waals surface area contributed by atoms with Gasteiger partial charge in [0.25, 0.3) is 5.91 Å². The Bertz CT molecular complexity index is 1050. The first-order valence-corrected chi connectivity index (χ1v) is 9.98. The van der Waals surface area contributed by atoms with Crippen LogP contribution < -0.4 is 15.5 Å². The van der Waals surface area contributed by atoms with Gasteiger partial charge >= 0.3 is 0 Å². The van der Waals surface area contributed by atoms with Crippen LogP contribution >= 0.6 is 15.9 Å². The third-order valence-corrected chi connectivity index (χ3v) is 4.59. The summed E-state index contributed by atoms with van der Waals surface area (Å²) in [5.41, 5.74) is 5.34. The second kappa shape index (κ2) is 10.4. The van der Waals surface area contributed by atoms with Crippen LogP contribution in [0.1, 0.15) is 28.4 Å². The summed E-state index contributed by atoms with van der Waals surface area (Å²) in [6.45, 7) is 1.85. The van der Waals surface area contributed by atoms with Crippen LogP contribution in [-0.2, 0) is 11.4 Å². The number of para-hydroxylation sites is 1. The average Bonchev–Trinajstić information content (AvgIpc) is 2.74. The highest BCUT2D eigenvalue weighted by Gasteiger charge is 2.05. The fraction of sp³-hybridized carbons (Fsp3) is 0.0870. The average molecular weight is 466 g/mol. The van der Waals surface area contributed by atoms with Gasteiger partial charge < -0.3 is 10.1 Å². The number of hydrazone groups is 1. The summed E-state index contributed by atoms with van der Waals surface area (Å²) < 4.78 is 6.91. The fourth-order valence-corrected chi connectivity index (χ4v) is 2.86. The molecule has 3 aromatic carbocycles. The third-order valence-electron chi connectivity index (χ3n) is 4.06. The lowest BCUT2D eigenvalue weighted by molar-refractivity contribution is -0.114. The first-order chi connectivity index (χ1) is 14.5. The topological polar surface area (TPSA) is 79.8 Å². The SMILES string of the molecule is CC(=O)Nc1ccc(C(=O)NN=Cc2ccccc2OCc2ccc(Br)cc2)cc1. The number of rotatable bonds is 7. The van der Waals surface area contributed by atoms with Crippen LogP contribution in [0.2, 0.25) is 0 Å². The van der Waals surface area contributed by atoms with Crippen LogP contribution in [0.25, 0.3) is 0 Å². The number of anilines is 1. The number of hydrogen-bond donors (Lipinski definition) is 2. The van der Waals surface area contributed by atoms with E-state index in [0.29, 0.717) is 23.6 Å². The fourth-order valence-electron chi connectivity index (χ4n) is 2.59. The molecular formula is C23H20BrN3O3. The van der Waals surface area contributed by atoms with Crippen molar-refractivity contribution >= 4 is 39.6 Å². The molecule has 0 atom stereocenters. The van der Waals surface area contributed by atoms with E-state index in [1.807, 2.05) is 48.5 Å². The molecule has 6 nitrogen and oxygen atoms in total. The van der Waals surface area contributed by atoms with E-state index in [9.17, 15) is 9.59 Å². The second-order valence-corrected chi connectivity index (χ2v) is 7.33. The van der Waals surface area contributed by atoms with Crippen molar-refractivity contribution in [2.24, 2.45) is 5.10 Å². The van der Waals surface area contributed by atoms with Gasteiger partial charge in [0.15, 0.2) is 0 Å². The first kappa shape index (κ1) is 21.3. The lowest BCUT2D eigenvalue weighted by Crippen LogP contribution is -2.17. The van der Waals surface area contributed by atoms with Gasteiger partial charge in [-0.15, -0.1) is 0 Å². The van der Waals surface area contributed by atoms with Crippen molar-refractivity contribution in [2.45, 2.75) is 13.5 Å². The Kier molecular flexibility index (Phi) is 7.34. The Hall–Kier alpha value is -3.45. The molecule has 2 amide bonds. The number of hydrogen-bond acceptors (Lipinski definition) is 4. The molecule has 3 aromatic rings. The number of carbonyl (C=O) groups excluding carboxylic acids is 2. The van der Waals surface area contributed by atoms with E-state index in [-0.39, 0.29) is 11.8 Å². The molecule has 0 aliphatic carbocycles. The molecule has 0 radical (unpaired) electrons. The number of ether oxygens (including phenoxy) is 1. The van der Waals surface area contributed by atoms with Crippen LogP contribution in [0.5, 0.6) is 5.75 Å². The van der Waals surface area contributed by atoms with Crippen LogP contribution in [0.15, 0.2) is 82.4 Å². The van der Waals surface area contributed by atoms with Crippen LogP contribution in [0.4, 0.5) is 5.69 Å². The maximum Gasteiger partial charge on any atom is 0.271 e. The van der Waals surface area contributed by atoms with Crippen LogP contribution in [-0.4, -0.2) is 18.0 Å². The predicted octanol–water partition coefficient (Wildman–Crippen LogP) is 4.75. The number of halogens is 1. The van der Waals surface area contributed by atoms with Crippen molar-refractivity contribution in [3.8, 4) is 5.75 Å². The van der Waals surface area contributed by atoms with E-state index in [2.05, 4.69) is 31.8 Å². The van der Waals surface area contributed by atoms with E-state index in [0.717, 1.165) is 15.6 Å². The van der Waals surface area contributed by atoms with Crippen molar-refractivity contribution in [1.82, 2.24) is 5.43 Å². The summed E-state index contributed by atoms with van der Waals surface area (Å²) in [5.74, 6) is 0.143. The Morgan fingerprint density at radius 1 is 1.00 bits per heavy atom. The van der Waals surface area contributed by atoms with E-state index in [1.54, 1.807) is 30.5 Å². The molecule has 30 heavy (non-hydrogen) atoms. The van der Waals surface area contributed by atoms with Gasteiger partial charge in [-0.05, 0) is 54.1 Å². The number of carbonyl (C=O) groups is 2. The minimum absolute atomic E-state index is 0.169. The van der Waals surface area contributed by atoms with Crippen molar-refractivity contribution < 1.29 is 14.3 Å². The lowest BCUT2D eigenvalue weighted by Gasteiger charge is -2.09. The minimum Gasteiger partial charge on any atom is -0.488 e. The van der Waals surface area contributed by atoms with E-state index in [4.69, 9.17) is 4.74 Å². The molecule has 2 N–H and O–H groups in total. The Morgan fingerprint density at radius 3 is 2.40 bits per heavy atom. The minimum atomic E-state index is -0.353. The molecule has 152 valence electrons. The van der Waals surface area contributed by atoms with Crippen molar-refractivity contribution in [3.63, 3.8) is 0 Å². The molecule has 3 rings (SSSR count). The predicted molar refractivity (Wildman–Crippen MR) is 121 cm³/mol. The summed E-state index contributed by atoms with van der Waals surface area (Å²) in [5, 5.41) is 6.69. The van der Waals surface area contributed by atoms with Gasteiger partial charge in [0.05, 0.1) is 6.21 Å². The maximum absolute atomic E-state index is 12.2. The van der Waals surface area contributed by atoms with Crippen LogP contribution in [0.3, 0.4) is 0 Å². The molecule has 0 spiro atoms. The molecule has 7 heteroatoms. The molecule has 0 saturated heterocycles. The molecule has 0 aliphatic rings. The highest BCUT2D eigenvalue weighted by atomic mass is 79.9. The molecule has 0 saturated carbocycles. The first-order valence-electron chi connectivity index (χ1n) is 9.18. The molecule has 0 aromatic heterocycles. The van der Waals surface area contributed by atoms with E-state index < -0.39 is 0 Å². The Balaban J connectivity index is 1.59. The normalized spacial score (nSPS) is 10.6. The Labute approximate surface area is 183 Å². The zero-order valence-corrected chi connectivity index (χ0v) is 17.8. The van der Waals surface area contributed by atoms with Gasteiger partial charge in [-0.1, -0.05) is 40.2 Å². The molecular weight excluding hydrogens is 446 g/mol. The summed E-state index contributed by atoms with van der Waals surface area (Å²) in [6.07, 6.45) is 1.54. The van der Waals surface area contributed by atoms with Gasteiger partial charge in [-0.25, -0.2) is 5.43 Å².